The van der Waals surface area contributed by atoms with Crippen molar-refractivity contribution in [3.63, 3.8) is 0 Å². The lowest BCUT2D eigenvalue weighted by atomic mass is 9.92. The van der Waals surface area contributed by atoms with Crippen molar-refractivity contribution in [3.05, 3.63) is 0 Å². The third-order valence-corrected chi connectivity index (χ3v) is 5.17. The van der Waals surface area contributed by atoms with Crippen LogP contribution in [0.5, 0.6) is 0 Å². The van der Waals surface area contributed by atoms with Crippen molar-refractivity contribution in [2.24, 2.45) is 17.8 Å². The second-order valence-corrected chi connectivity index (χ2v) is 6.85. The molecule has 3 fully saturated rings. The highest BCUT2D eigenvalue weighted by Gasteiger charge is 2.37. The molecule has 21 heavy (non-hydrogen) atoms. The van der Waals surface area contributed by atoms with Gasteiger partial charge in [0.15, 0.2) is 0 Å². The maximum Gasteiger partial charge on any atom is 0.225 e. The fraction of sp³-hybridized carbons (Fsp3) is 0.875. The van der Waals surface area contributed by atoms with Crippen LogP contribution in [0.3, 0.4) is 0 Å². The number of piperidine rings is 2. The monoisotopic (exact) mass is 294 g/mol. The standard InChI is InChI=1S/C16H26N2O3/c19-11-12-2-1-7-18(10-12)16(21)14-5-8-17(9-6-14)15(20)13-3-4-13/h12-14,19H,1-11H2. The molecule has 3 rings (SSSR count). The van der Waals surface area contributed by atoms with E-state index >= 15 is 0 Å². The molecule has 118 valence electrons. The molecule has 1 atom stereocenters. The molecule has 1 saturated carbocycles. The van der Waals surface area contributed by atoms with Gasteiger partial charge in [-0.1, -0.05) is 0 Å². The molecule has 2 aliphatic heterocycles. The number of aliphatic hydroxyl groups excluding tert-OH is 1. The second kappa shape index (κ2) is 6.34. The first-order valence-electron chi connectivity index (χ1n) is 8.37. The van der Waals surface area contributed by atoms with Crippen molar-refractivity contribution in [1.82, 2.24) is 9.80 Å². The van der Waals surface area contributed by atoms with Crippen molar-refractivity contribution >= 4 is 11.8 Å². The molecular formula is C16H26N2O3. The summed E-state index contributed by atoms with van der Waals surface area (Å²) < 4.78 is 0. The van der Waals surface area contributed by atoms with Crippen LogP contribution in [0, 0.1) is 17.8 Å². The van der Waals surface area contributed by atoms with Crippen molar-refractivity contribution in [2.45, 2.75) is 38.5 Å². The Morgan fingerprint density at radius 3 is 2.10 bits per heavy atom. The highest BCUT2D eigenvalue weighted by Crippen LogP contribution is 2.33. The lowest BCUT2D eigenvalue weighted by Gasteiger charge is -2.37. The molecule has 2 amide bonds. The fourth-order valence-electron chi connectivity index (χ4n) is 3.61. The number of aliphatic hydroxyl groups is 1. The molecule has 5 heteroatoms. The number of nitrogens with zero attached hydrogens (tertiary/aromatic N) is 2. The van der Waals surface area contributed by atoms with E-state index in [1.54, 1.807) is 0 Å². The van der Waals surface area contributed by atoms with Crippen molar-refractivity contribution in [1.29, 1.82) is 0 Å². The summed E-state index contributed by atoms with van der Waals surface area (Å²) in [5, 5.41) is 9.27. The molecule has 0 radical (unpaired) electrons. The Morgan fingerprint density at radius 2 is 1.48 bits per heavy atom. The Hall–Kier alpha value is -1.10. The summed E-state index contributed by atoms with van der Waals surface area (Å²) in [6, 6.07) is 0. The average Bonchev–Trinajstić information content (AvgIpc) is 3.38. The zero-order chi connectivity index (χ0) is 14.8. The molecule has 1 unspecified atom stereocenters. The smallest absolute Gasteiger partial charge is 0.225 e. The largest absolute Gasteiger partial charge is 0.396 e. The normalized spacial score (nSPS) is 27.8. The van der Waals surface area contributed by atoms with Crippen LogP contribution in [0.1, 0.15) is 38.5 Å². The van der Waals surface area contributed by atoms with Gasteiger partial charge in [-0.05, 0) is 44.4 Å². The lowest BCUT2D eigenvalue weighted by molar-refractivity contribution is -0.142. The molecule has 1 aliphatic carbocycles. The Bertz CT molecular complexity index is 400. The van der Waals surface area contributed by atoms with Gasteiger partial charge in [-0.2, -0.15) is 0 Å². The van der Waals surface area contributed by atoms with Crippen LogP contribution in [-0.2, 0) is 9.59 Å². The highest BCUT2D eigenvalue weighted by atomic mass is 16.3. The summed E-state index contributed by atoms with van der Waals surface area (Å²) in [5.74, 6) is 1.15. The molecule has 5 nitrogen and oxygen atoms in total. The van der Waals surface area contributed by atoms with E-state index in [2.05, 4.69) is 0 Å². The molecular weight excluding hydrogens is 268 g/mol. The van der Waals surface area contributed by atoms with Gasteiger partial charge in [0.2, 0.25) is 11.8 Å². The number of hydrogen-bond acceptors (Lipinski definition) is 3. The van der Waals surface area contributed by atoms with Crippen LogP contribution in [0.2, 0.25) is 0 Å². The molecule has 1 N–H and O–H groups in total. The van der Waals surface area contributed by atoms with Crippen LogP contribution in [0.15, 0.2) is 0 Å². The molecule has 0 bridgehead atoms. The zero-order valence-electron chi connectivity index (χ0n) is 12.7. The number of carbonyl (C=O) groups excluding carboxylic acids is 2. The second-order valence-electron chi connectivity index (χ2n) is 6.85. The first-order valence-corrected chi connectivity index (χ1v) is 8.37. The van der Waals surface area contributed by atoms with Gasteiger partial charge in [0, 0.05) is 44.6 Å². The summed E-state index contributed by atoms with van der Waals surface area (Å²) in [6.45, 7) is 3.19. The van der Waals surface area contributed by atoms with E-state index in [9.17, 15) is 14.7 Å². The number of amides is 2. The summed E-state index contributed by atoms with van der Waals surface area (Å²) in [7, 11) is 0. The summed E-state index contributed by atoms with van der Waals surface area (Å²) in [5.41, 5.74) is 0. The summed E-state index contributed by atoms with van der Waals surface area (Å²) >= 11 is 0. The van der Waals surface area contributed by atoms with Crippen molar-refractivity contribution in [3.8, 4) is 0 Å². The van der Waals surface area contributed by atoms with Gasteiger partial charge in [0.25, 0.3) is 0 Å². The first-order chi connectivity index (χ1) is 10.2. The molecule has 2 heterocycles. The van der Waals surface area contributed by atoms with Crippen LogP contribution < -0.4 is 0 Å². The Morgan fingerprint density at radius 1 is 0.857 bits per heavy atom. The quantitative estimate of drug-likeness (QED) is 0.840. The maximum absolute atomic E-state index is 12.6. The minimum absolute atomic E-state index is 0.0747. The molecule has 0 aromatic heterocycles. The number of carbonyl (C=O) groups is 2. The summed E-state index contributed by atoms with van der Waals surface area (Å²) in [6.07, 6.45) is 5.72. The van der Waals surface area contributed by atoms with Gasteiger partial charge in [-0.3, -0.25) is 9.59 Å². The maximum atomic E-state index is 12.6. The van der Waals surface area contributed by atoms with E-state index < -0.39 is 0 Å². The van der Waals surface area contributed by atoms with Gasteiger partial charge in [-0.15, -0.1) is 0 Å². The third-order valence-electron chi connectivity index (χ3n) is 5.17. The SMILES string of the molecule is O=C(C1CC1)N1CCC(C(=O)N2CCCC(CO)C2)CC1. The van der Waals surface area contributed by atoms with Crippen molar-refractivity contribution < 1.29 is 14.7 Å². The first kappa shape index (κ1) is 14.8. The molecule has 0 aromatic rings. The van der Waals surface area contributed by atoms with Gasteiger partial charge in [0.05, 0.1) is 0 Å². The van der Waals surface area contributed by atoms with Gasteiger partial charge < -0.3 is 14.9 Å². The van der Waals surface area contributed by atoms with E-state index in [0.717, 1.165) is 58.2 Å². The minimum atomic E-state index is 0.0747. The number of rotatable bonds is 3. The Kier molecular flexibility index (Phi) is 4.48. The minimum Gasteiger partial charge on any atom is -0.396 e. The molecule has 0 aromatic carbocycles. The van der Waals surface area contributed by atoms with Gasteiger partial charge in [-0.25, -0.2) is 0 Å². The Balaban J connectivity index is 1.49. The van der Waals surface area contributed by atoms with Crippen LogP contribution in [0.4, 0.5) is 0 Å². The summed E-state index contributed by atoms with van der Waals surface area (Å²) in [4.78, 5) is 28.5. The van der Waals surface area contributed by atoms with E-state index in [4.69, 9.17) is 0 Å². The zero-order valence-corrected chi connectivity index (χ0v) is 12.7. The number of hydrogen-bond donors (Lipinski definition) is 1. The van der Waals surface area contributed by atoms with Crippen LogP contribution in [-0.4, -0.2) is 59.5 Å². The van der Waals surface area contributed by atoms with Gasteiger partial charge >= 0.3 is 0 Å². The number of likely N-dealkylation sites (tertiary alicyclic amines) is 2. The van der Waals surface area contributed by atoms with Crippen LogP contribution >= 0.6 is 0 Å². The predicted molar refractivity (Wildman–Crippen MR) is 78.4 cm³/mol. The van der Waals surface area contributed by atoms with E-state index in [0.29, 0.717) is 12.5 Å². The predicted octanol–water partition coefficient (Wildman–Crippen LogP) is 0.866. The van der Waals surface area contributed by atoms with E-state index in [1.165, 1.54) is 0 Å². The molecule has 0 spiro atoms. The fourth-order valence-corrected chi connectivity index (χ4v) is 3.61. The molecule has 3 aliphatic rings. The lowest BCUT2D eigenvalue weighted by Crippen LogP contribution is -2.47. The highest BCUT2D eigenvalue weighted by molar-refractivity contribution is 5.82. The molecule has 2 saturated heterocycles. The topological polar surface area (TPSA) is 60.9 Å². The van der Waals surface area contributed by atoms with Crippen LogP contribution in [0.25, 0.3) is 0 Å². The average molecular weight is 294 g/mol. The Labute approximate surface area is 126 Å². The third kappa shape index (κ3) is 3.39. The van der Waals surface area contributed by atoms with E-state index in [-0.39, 0.29) is 30.3 Å². The van der Waals surface area contributed by atoms with Gasteiger partial charge in [0.1, 0.15) is 0 Å². The van der Waals surface area contributed by atoms with Crippen molar-refractivity contribution in [2.75, 3.05) is 32.8 Å². The van der Waals surface area contributed by atoms with E-state index in [1.807, 2.05) is 9.80 Å².